The summed E-state index contributed by atoms with van der Waals surface area (Å²) in [6.45, 7) is 2.23. The lowest BCUT2D eigenvalue weighted by atomic mass is 10.1. The molecule has 0 bridgehead atoms. The number of hydrogen-bond acceptors (Lipinski definition) is 1. The second kappa shape index (κ2) is 5.40. The first kappa shape index (κ1) is 11.5. The molecule has 1 heterocycles. The smallest absolute Gasteiger partial charge is 0.134 e. The predicted octanol–water partition coefficient (Wildman–Crippen LogP) is 5.21. The summed E-state index contributed by atoms with van der Waals surface area (Å²) >= 11 is 5.99. The largest absolute Gasteiger partial charge is 0.464 e. The minimum atomic E-state index is 0.781. The van der Waals surface area contributed by atoms with Gasteiger partial charge in [-0.15, -0.1) is 0 Å². The van der Waals surface area contributed by atoms with Crippen LogP contribution in [0.1, 0.15) is 38.2 Å². The normalized spacial score (nSPS) is 11.1. The van der Waals surface area contributed by atoms with Gasteiger partial charge in [-0.2, -0.15) is 0 Å². The lowest BCUT2D eigenvalue weighted by Crippen LogP contribution is -1.83. The monoisotopic (exact) mass is 236 g/mol. The summed E-state index contributed by atoms with van der Waals surface area (Å²) in [6.07, 6.45) is 8.08. The van der Waals surface area contributed by atoms with E-state index in [-0.39, 0.29) is 0 Å². The van der Waals surface area contributed by atoms with Gasteiger partial charge in [-0.1, -0.05) is 37.8 Å². The summed E-state index contributed by atoms with van der Waals surface area (Å²) in [6, 6.07) is 5.80. The van der Waals surface area contributed by atoms with Crippen LogP contribution in [0.15, 0.2) is 28.9 Å². The fourth-order valence-corrected chi connectivity index (χ4v) is 2.16. The first-order chi connectivity index (χ1) is 7.81. The van der Waals surface area contributed by atoms with Crippen molar-refractivity contribution < 1.29 is 4.42 Å². The Morgan fingerprint density at radius 1 is 1.19 bits per heavy atom. The molecule has 1 aromatic heterocycles. The number of halogens is 1. The Kier molecular flexibility index (Phi) is 3.89. The van der Waals surface area contributed by atoms with E-state index in [0.717, 1.165) is 17.0 Å². The number of furan rings is 1. The molecule has 0 amide bonds. The van der Waals surface area contributed by atoms with Gasteiger partial charge in [0.1, 0.15) is 5.58 Å². The highest BCUT2D eigenvalue weighted by Crippen LogP contribution is 2.25. The molecule has 2 heteroatoms. The molecule has 2 aromatic rings. The average molecular weight is 237 g/mol. The zero-order valence-corrected chi connectivity index (χ0v) is 10.4. The topological polar surface area (TPSA) is 13.1 Å². The minimum absolute atomic E-state index is 0.781. The minimum Gasteiger partial charge on any atom is -0.464 e. The van der Waals surface area contributed by atoms with Crippen LogP contribution in [0.3, 0.4) is 0 Å². The third-order valence-corrected chi connectivity index (χ3v) is 3.15. The molecule has 0 aliphatic carbocycles. The van der Waals surface area contributed by atoms with Crippen LogP contribution in [0.5, 0.6) is 0 Å². The van der Waals surface area contributed by atoms with Crippen LogP contribution >= 0.6 is 11.6 Å². The molecule has 1 nitrogen and oxygen atoms in total. The van der Waals surface area contributed by atoms with E-state index in [1.807, 2.05) is 24.5 Å². The molecular formula is C14H17ClO. The Morgan fingerprint density at radius 2 is 2.06 bits per heavy atom. The lowest BCUT2D eigenvalue weighted by molar-refractivity contribution is 0.604. The molecule has 0 fully saturated rings. The van der Waals surface area contributed by atoms with Crippen LogP contribution in [0.4, 0.5) is 0 Å². The molecule has 0 saturated heterocycles. The summed E-state index contributed by atoms with van der Waals surface area (Å²) in [5, 5.41) is 1.95. The maximum atomic E-state index is 5.99. The fraction of sp³-hybridized carbons (Fsp3) is 0.429. The van der Waals surface area contributed by atoms with Gasteiger partial charge in [0.25, 0.3) is 0 Å². The van der Waals surface area contributed by atoms with Crippen LogP contribution in [0.25, 0.3) is 11.0 Å². The third kappa shape index (κ3) is 2.59. The van der Waals surface area contributed by atoms with Gasteiger partial charge in [0.15, 0.2) is 0 Å². The maximum Gasteiger partial charge on any atom is 0.134 e. The Bertz CT molecular complexity index is 459. The summed E-state index contributed by atoms with van der Waals surface area (Å²) in [4.78, 5) is 0. The quantitative estimate of drug-likeness (QED) is 0.650. The fourth-order valence-electron chi connectivity index (χ4n) is 1.99. The Morgan fingerprint density at radius 3 is 2.88 bits per heavy atom. The lowest BCUT2D eigenvalue weighted by Gasteiger charge is -1.98. The van der Waals surface area contributed by atoms with Crippen LogP contribution in [-0.4, -0.2) is 0 Å². The van der Waals surface area contributed by atoms with Crippen LogP contribution in [-0.2, 0) is 6.42 Å². The average Bonchev–Trinajstić information content (AvgIpc) is 2.67. The highest BCUT2D eigenvalue weighted by Gasteiger charge is 2.05. The van der Waals surface area contributed by atoms with Gasteiger partial charge >= 0.3 is 0 Å². The standard InChI is InChI=1S/C14H17ClO/c1-2-3-4-5-6-11-10-16-14-8-7-12(15)9-13(11)14/h7-10H,2-6H2,1H3. The van der Waals surface area contributed by atoms with E-state index in [4.69, 9.17) is 16.0 Å². The Hall–Kier alpha value is -0.950. The molecule has 0 atom stereocenters. The number of fused-ring (bicyclic) bond motifs is 1. The van der Waals surface area contributed by atoms with Crippen molar-refractivity contribution >= 4 is 22.6 Å². The van der Waals surface area contributed by atoms with Crippen molar-refractivity contribution in [2.75, 3.05) is 0 Å². The van der Waals surface area contributed by atoms with E-state index >= 15 is 0 Å². The molecule has 1 aromatic carbocycles. The molecule has 0 aliphatic rings. The van der Waals surface area contributed by atoms with Gasteiger partial charge < -0.3 is 4.42 Å². The summed E-state index contributed by atoms with van der Waals surface area (Å²) in [7, 11) is 0. The first-order valence-electron chi connectivity index (χ1n) is 5.97. The van der Waals surface area contributed by atoms with Crippen molar-refractivity contribution in [3.05, 3.63) is 35.0 Å². The number of aryl methyl sites for hydroxylation is 1. The zero-order valence-electron chi connectivity index (χ0n) is 9.63. The molecule has 0 unspecified atom stereocenters. The summed E-state index contributed by atoms with van der Waals surface area (Å²) in [5.74, 6) is 0. The highest BCUT2D eigenvalue weighted by atomic mass is 35.5. The third-order valence-electron chi connectivity index (χ3n) is 2.92. The first-order valence-corrected chi connectivity index (χ1v) is 6.34. The van der Waals surface area contributed by atoms with Crippen molar-refractivity contribution in [2.24, 2.45) is 0 Å². The maximum absolute atomic E-state index is 5.99. The van der Waals surface area contributed by atoms with E-state index < -0.39 is 0 Å². The molecule has 16 heavy (non-hydrogen) atoms. The van der Waals surface area contributed by atoms with Crippen molar-refractivity contribution in [3.8, 4) is 0 Å². The molecule has 86 valence electrons. The molecular weight excluding hydrogens is 220 g/mol. The number of unbranched alkanes of at least 4 members (excludes halogenated alkanes) is 3. The molecule has 0 spiro atoms. The van der Waals surface area contributed by atoms with E-state index in [1.165, 1.54) is 36.6 Å². The van der Waals surface area contributed by atoms with Gasteiger partial charge in [0.05, 0.1) is 6.26 Å². The van der Waals surface area contributed by atoms with E-state index in [2.05, 4.69) is 6.92 Å². The Balaban J connectivity index is 2.09. The van der Waals surface area contributed by atoms with Crippen molar-refractivity contribution in [3.63, 3.8) is 0 Å². The van der Waals surface area contributed by atoms with Crippen LogP contribution in [0, 0.1) is 0 Å². The number of rotatable bonds is 5. The van der Waals surface area contributed by atoms with Gasteiger partial charge in [-0.05, 0) is 36.6 Å². The van der Waals surface area contributed by atoms with Crippen LogP contribution < -0.4 is 0 Å². The van der Waals surface area contributed by atoms with Crippen molar-refractivity contribution in [1.82, 2.24) is 0 Å². The van der Waals surface area contributed by atoms with Crippen molar-refractivity contribution in [1.29, 1.82) is 0 Å². The van der Waals surface area contributed by atoms with Gasteiger partial charge in [0.2, 0.25) is 0 Å². The summed E-state index contributed by atoms with van der Waals surface area (Å²) in [5.41, 5.74) is 2.23. The highest BCUT2D eigenvalue weighted by molar-refractivity contribution is 6.31. The second-order valence-electron chi connectivity index (χ2n) is 4.21. The van der Waals surface area contributed by atoms with E-state index in [0.29, 0.717) is 0 Å². The number of benzene rings is 1. The zero-order chi connectivity index (χ0) is 11.4. The number of hydrogen-bond donors (Lipinski definition) is 0. The molecule has 0 N–H and O–H groups in total. The Labute approximate surface area is 101 Å². The van der Waals surface area contributed by atoms with Crippen molar-refractivity contribution in [2.45, 2.75) is 39.0 Å². The SMILES string of the molecule is CCCCCCc1coc2ccc(Cl)cc12. The van der Waals surface area contributed by atoms with Crippen LogP contribution in [0.2, 0.25) is 5.02 Å². The van der Waals surface area contributed by atoms with Gasteiger partial charge in [-0.25, -0.2) is 0 Å². The van der Waals surface area contributed by atoms with Gasteiger partial charge in [0, 0.05) is 10.4 Å². The molecule has 0 aliphatic heterocycles. The molecule has 0 radical (unpaired) electrons. The molecule has 2 rings (SSSR count). The van der Waals surface area contributed by atoms with E-state index in [9.17, 15) is 0 Å². The molecule has 0 saturated carbocycles. The predicted molar refractivity (Wildman–Crippen MR) is 69.1 cm³/mol. The van der Waals surface area contributed by atoms with Gasteiger partial charge in [-0.3, -0.25) is 0 Å². The second-order valence-corrected chi connectivity index (χ2v) is 4.65. The summed E-state index contributed by atoms with van der Waals surface area (Å²) < 4.78 is 5.50. The van der Waals surface area contributed by atoms with E-state index in [1.54, 1.807) is 0 Å².